The van der Waals surface area contributed by atoms with Gasteiger partial charge in [-0.05, 0) is 25.0 Å². The number of nitrogens with one attached hydrogen (secondary N) is 1. The lowest BCUT2D eigenvalue weighted by atomic mass is 9.86. The quantitative estimate of drug-likeness (QED) is 0.834. The summed E-state index contributed by atoms with van der Waals surface area (Å²) >= 11 is 0. The second-order valence-electron chi connectivity index (χ2n) is 3.91. The lowest BCUT2D eigenvalue weighted by Crippen LogP contribution is -2.38. The average Bonchev–Trinajstić information content (AvgIpc) is 2.27. The Morgan fingerprint density at radius 2 is 2.06 bits per heavy atom. The average molecular weight is 223 g/mol. The zero-order valence-corrected chi connectivity index (χ0v) is 9.34. The predicted octanol–water partition coefficient (Wildman–Crippen LogP) is 3.40. The summed E-state index contributed by atoms with van der Waals surface area (Å²) in [5.74, 6) is -0.359. The van der Waals surface area contributed by atoms with E-state index in [9.17, 15) is 9.18 Å². The van der Waals surface area contributed by atoms with Crippen molar-refractivity contribution in [2.24, 2.45) is 0 Å². The first-order valence-corrected chi connectivity index (χ1v) is 5.41. The van der Waals surface area contributed by atoms with Crippen molar-refractivity contribution in [3.63, 3.8) is 0 Å². The molecule has 0 saturated carbocycles. The molecule has 86 valence electrons. The summed E-state index contributed by atoms with van der Waals surface area (Å²) in [6.45, 7) is 3.91. The maximum Gasteiger partial charge on any atom is 0.412 e. The van der Waals surface area contributed by atoms with E-state index in [2.05, 4.69) is 5.32 Å². The van der Waals surface area contributed by atoms with Crippen molar-refractivity contribution in [2.45, 2.75) is 32.3 Å². The van der Waals surface area contributed by atoms with E-state index in [0.29, 0.717) is 18.5 Å². The Kier molecular flexibility index (Phi) is 2.58. The summed E-state index contributed by atoms with van der Waals surface area (Å²) in [5, 5.41) is 2.52. The molecule has 1 aromatic rings. The van der Waals surface area contributed by atoms with Gasteiger partial charge >= 0.3 is 6.09 Å². The topological polar surface area (TPSA) is 38.3 Å². The van der Waals surface area contributed by atoms with E-state index in [1.54, 1.807) is 6.07 Å². The molecular weight excluding hydrogens is 209 g/mol. The molecule has 0 aliphatic carbocycles. The van der Waals surface area contributed by atoms with Gasteiger partial charge in [0.25, 0.3) is 0 Å². The lowest BCUT2D eigenvalue weighted by Gasteiger charge is -2.37. The monoisotopic (exact) mass is 223 g/mol. The van der Waals surface area contributed by atoms with E-state index in [1.165, 1.54) is 12.1 Å². The van der Waals surface area contributed by atoms with E-state index in [4.69, 9.17) is 4.74 Å². The number of benzene rings is 1. The molecule has 2 rings (SSSR count). The zero-order chi connectivity index (χ0) is 11.8. The zero-order valence-electron chi connectivity index (χ0n) is 9.34. The smallest absolute Gasteiger partial charge is 0.412 e. The number of anilines is 1. The van der Waals surface area contributed by atoms with E-state index in [-0.39, 0.29) is 5.82 Å². The minimum absolute atomic E-state index is 0.359. The predicted molar refractivity (Wildman–Crippen MR) is 58.8 cm³/mol. The van der Waals surface area contributed by atoms with Crippen molar-refractivity contribution >= 4 is 11.8 Å². The van der Waals surface area contributed by atoms with Gasteiger partial charge in [0.05, 0.1) is 5.69 Å². The molecule has 1 N–H and O–H groups in total. The Hall–Kier alpha value is -1.58. The van der Waals surface area contributed by atoms with E-state index in [0.717, 1.165) is 5.56 Å². The molecule has 0 bridgehead atoms. The van der Waals surface area contributed by atoms with Crippen molar-refractivity contribution in [1.82, 2.24) is 0 Å². The normalized spacial score (nSPS) is 17.3. The Balaban J connectivity index is 2.57. The number of rotatable bonds is 2. The summed E-state index contributed by atoms with van der Waals surface area (Å²) in [6, 6.07) is 4.40. The first kappa shape index (κ1) is 10.9. The molecule has 0 unspecified atom stereocenters. The number of fused-ring (bicyclic) bond motifs is 1. The fourth-order valence-corrected chi connectivity index (χ4v) is 2.16. The van der Waals surface area contributed by atoms with Gasteiger partial charge in [-0.3, -0.25) is 5.32 Å². The van der Waals surface area contributed by atoms with Crippen molar-refractivity contribution in [3.8, 4) is 0 Å². The van der Waals surface area contributed by atoms with Crippen LogP contribution in [0.3, 0.4) is 0 Å². The summed E-state index contributed by atoms with van der Waals surface area (Å²) < 4.78 is 18.5. The number of hydrogen-bond donors (Lipinski definition) is 1. The van der Waals surface area contributed by atoms with Crippen LogP contribution in [0.15, 0.2) is 18.2 Å². The highest BCUT2D eigenvalue weighted by atomic mass is 19.1. The number of cyclic esters (lactones) is 1. The molecule has 3 nitrogen and oxygen atoms in total. The Labute approximate surface area is 93.6 Å². The van der Waals surface area contributed by atoms with Crippen LogP contribution in [-0.4, -0.2) is 6.09 Å². The standard InChI is InChI=1S/C12H14FNO2/c1-3-12(4-2)9-6-5-8(13)7-10(9)14-11(15)16-12/h5-7H,3-4H2,1-2H3,(H,14,15). The molecule has 1 aromatic carbocycles. The van der Waals surface area contributed by atoms with Gasteiger partial charge in [0, 0.05) is 5.56 Å². The highest BCUT2D eigenvalue weighted by Crippen LogP contribution is 2.41. The van der Waals surface area contributed by atoms with E-state index < -0.39 is 11.7 Å². The van der Waals surface area contributed by atoms with Crippen LogP contribution in [0.1, 0.15) is 32.3 Å². The molecule has 1 amide bonds. The molecule has 1 heterocycles. The number of halogens is 1. The van der Waals surface area contributed by atoms with Crippen LogP contribution in [0.4, 0.5) is 14.9 Å². The van der Waals surface area contributed by atoms with Crippen LogP contribution in [0, 0.1) is 5.82 Å². The van der Waals surface area contributed by atoms with Gasteiger partial charge < -0.3 is 4.74 Å². The minimum atomic E-state index is -0.620. The molecule has 0 aromatic heterocycles. The molecule has 0 fully saturated rings. The summed E-state index contributed by atoms with van der Waals surface area (Å²) in [5.41, 5.74) is 0.740. The molecule has 0 radical (unpaired) electrons. The highest BCUT2D eigenvalue weighted by molar-refractivity contribution is 5.88. The van der Waals surface area contributed by atoms with E-state index in [1.807, 2.05) is 13.8 Å². The number of carbonyl (C=O) groups is 1. The van der Waals surface area contributed by atoms with Crippen molar-refractivity contribution in [1.29, 1.82) is 0 Å². The largest absolute Gasteiger partial charge is 0.438 e. The summed E-state index contributed by atoms with van der Waals surface area (Å²) in [7, 11) is 0. The third kappa shape index (κ3) is 1.54. The van der Waals surface area contributed by atoms with Crippen molar-refractivity contribution in [3.05, 3.63) is 29.6 Å². The molecule has 4 heteroatoms. The fourth-order valence-electron chi connectivity index (χ4n) is 2.16. The van der Waals surface area contributed by atoms with Gasteiger partial charge in [-0.15, -0.1) is 0 Å². The van der Waals surface area contributed by atoms with Gasteiger partial charge in [-0.25, -0.2) is 9.18 Å². The number of ether oxygens (including phenoxy) is 1. The van der Waals surface area contributed by atoms with Gasteiger partial charge in [0.2, 0.25) is 0 Å². The van der Waals surface area contributed by atoms with Crippen LogP contribution < -0.4 is 5.32 Å². The van der Waals surface area contributed by atoms with Gasteiger partial charge in [0.15, 0.2) is 0 Å². The molecule has 0 spiro atoms. The van der Waals surface area contributed by atoms with Crippen molar-refractivity contribution < 1.29 is 13.9 Å². The number of amides is 1. The Morgan fingerprint density at radius 3 is 2.69 bits per heavy atom. The van der Waals surface area contributed by atoms with Crippen molar-refractivity contribution in [2.75, 3.05) is 5.32 Å². The molecule has 1 aliphatic heterocycles. The van der Waals surface area contributed by atoms with Gasteiger partial charge in [0.1, 0.15) is 11.4 Å². The van der Waals surface area contributed by atoms with Crippen LogP contribution >= 0.6 is 0 Å². The van der Waals surface area contributed by atoms with Crippen LogP contribution in [0.2, 0.25) is 0 Å². The first-order chi connectivity index (χ1) is 7.61. The number of carbonyl (C=O) groups excluding carboxylic acids is 1. The molecule has 0 atom stereocenters. The molecular formula is C12H14FNO2. The molecule has 1 aliphatic rings. The van der Waals surface area contributed by atoms with Gasteiger partial charge in [-0.1, -0.05) is 19.9 Å². The summed E-state index contributed by atoms with van der Waals surface area (Å²) in [4.78, 5) is 11.4. The van der Waals surface area contributed by atoms with E-state index >= 15 is 0 Å². The summed E-state index contributed by atoms with van der Waals surface area (Å²) in [6.07, 6.45) is 0.840. The second kappa shape index (κ2) is 3.77. The third-order valence-electron chi connectivity index (χ3n) is 3.14. The maximum absolute atomic E-state index is 13.1. The highest BCUT2D eigenvalue weighted by Gasteiger charge is 2.39. The maximum atomic E-state index is 13.1. The molecule has 16 heavy (non-hydrogen) atoms. The third-order valence-corrected chi connectivity index (χ3v) is 3.14. The molecule has 0 saturated heterocycles. The van der Waals surface area contributed by atoms with Gasteiger partial charge in [-0.2, -0.15) is 0 Å². The van der Waals surface area contributed by atoms with Crippen LogP contribution in [-0.2, 0) is 10.3 Å². The number of hydrogen-bond acceptors (Lipinski definition) is 2. The first-order valence-electron chi connectivity index (χ1n) is 5.41. The SMILES string of the molecule is CCC1(CC)OC(=O)Nc2cc(F)ccc21. The lowest BCUT2D eigenvalue weighted by molar-refractivity contribution is 0.00467. The second-order valence-corrected chi connectivity index (χ2v) is 3.91. The van der Waals surface area contributed by atoms with Crippen LogP contribution in [0.25, 0.3) is 0 Å². The minimum Gasteiger partial charge on any atom is -0.438 e. The van der Waals surface area contributed by atoms with Crippen LogP contribution in [0.5, 0.6) is 0 Å². The Morgan fingerprint density at radius 1 is 1.38 bits per heavy atom. The fraction of sp³-hybridized carbons (Fsp3) is 0.417. The Bertz CT molecular complexity index is 427.